The monoisotopic (exact) mass is 335 g/mol. The second-order valence-electron chi connectivity index (χ2n) is 6.50. The van der Waals surface area contributed by atoms with Gasteiger partial charge in [0.05, 0.1) is 16.7 Å². The molecule has 2 atom stereocenters. The summed E-state index contributed by atoms with van der Waals surface area (Å²) in [6.45, 7) is 5.99. The summed E-state index contributed by atoms with van der Waals surface area (Å²) in [4.78, 5) is 24.7. The van der Waals surface area contributed by atoms with Crippen molar-refractivity contribution >= 4 is 17.3 Å². The molecule has 1 aliphatic heterocycles. The van der Waals surface area contributed by atoms with E-state index in [9.17, 15) is 20.0 Å². The number of nitro benzene ring substituents is 1. The van der Waals surface area contributed by atoms with Gasteiger partial charge >= 0.3 is 0 Å². The lowest BCUT2D eigenvalue weighted by Crippen LogP contribution is -2.40. The number of aliphatic hydroxyl groups excluding tert-OH is 1. The molecule has 2 unspecified atom stereocenters. The van der Waals surface area contributed by atoms with E-state index in [-0.39, 0.29) is 23.6 Å². The highest BCUT2D eigenvalue weighted by molar-refractivity contribution is 5.92. The predicted octanol–water partition coefficient (Wildman–Crippen LogP) is 2.32. The highest BCUT2D eigenvalue weighted by Gasteiger charge is 2.23. The Kier molecular flexibility index (Phi) is 6.28. The number of likely N-dealkylation sites (tertiary alicyclic amines) is 1. The van der Waals surface area contributed by atoms with Crippen molar-refractivity contribution < 1.29 is 14.8 Å². The number of anilines is 1. The molecule has 1 aromatic carbocycles. The van der Waals surface area contributed by atoms with Gasteiger partial charge in [0.1, 0.15) is 0 Å². The first-order chi connectivity index (χ1) is 11.4. The van der Waals surface area contributed by atoms with Crippen LogP contribution in [0.2, 0.25) is 0 Å². The van der Waals surface area contributed by atoms with Crippen LogP contribution in [0.15, 0.2) is 18.2 Å². The Morgan fingerprint density at radius 1 is 1.54 bits per heavy atom. The van der Waals surface area contributed by atoms with Crippen LogP contribution < -0.4 is 5.32 Å². The van der Waals surface area contributed by atoms with Gasteiger partial charge in [0.2, 0.25) is 5.91 Å². The van der Waals surface area contributed by atoms with E-state index >= 15 is 0 Å². The molecule has 7 nitrogen and oxygen atoms in total. The van der Waals surface area contributed by atoms with E-state index in [2.05, 4.69) is 10.2 Å². The summed E-state index contributed by atoms with van der Waals surface area (Å²) in [5.41, 5.74) is 1.24. The fourth-order valence-electron chi connectivity index (χ4n) is 3.02. The number of benzene rings is 1. The highest BCUT2D eigenvalue weighted by Crippen LogP contribution is 2.22. The van der Waals surface area contributed by atoms with Gasteiger partial charge < -0.3 is 15.3 Å². The molecule has 132 valence electrons. The molecule has 0 saturated carbocycles. The average Bonchev–Trinajstić information content (AvgIpc) is 2.55. The minimum absolute atomic E-state index is 0.0355. The summed E-state index contributed by atoms with van der Waals surface area (Å²) in [6.07, 6.45) is 2.05. The largest absolute Gasteiger partial charge is 0.393 e. The number of aliphatic hydroxyl groups is 1. The van der Waals surface area contributed by atoms with E-state index in [1.165, 1.54) is 12.1 Å². The van der Waals surface area contributed by atoms with Crippen molar-refractivity contribution in [2.45, 2.75) is 39.2 Å². The lowest BCUT2D eigenvalue weighted by atomic mass is 9.93. The predicted molar refractivity (Wildman–Crippen MR) is 91.9 cm³/mol. The van der Waals surface area contributed by atoms with Gasteiger partial charge in [0, 0.05) is 31.6 Å². The Balaban J connectivity index is 1.87. The first-order valence-electron chi connectivity index (χ1n) is 8.32. The molecule has 1 saturated heterocycles. The Morgan fingerprint density at radius 2 is 2.29 bits per heavy atom. The van der Waals surface area contributed by atoms with Crippen molar-refractivity contribution in [2.24, 2.45) is 5.92 Å². The molecule has 1 heterocycles. The normalized spacial score (nSPS) is 19.7. The van der Waals surface area contributed by atoms with Crippen LogP contribution in [0, 0.1) is 23.0 Å². The molecule has 1 aliphatic rings. The summed E-state index contributed by atoms with van der Waals surface area (Å²) < 4.78 is 0. The van der Waals surface area contributed by atoms with E-state index in [0.717, 1.165) is 31.5 Å². The van der Waals surface area contributed by atoms with Crippen LogP contribution in [-0.2, 0) is 4.79 Å². The van der Waals surface area contributed by atoms with Gasteiger partial charge in [0.25, 0.3) is 5.69 Å². The van der Waals surface area contributed by atoms with Crippen molar-refractivity contribution in [2.75, 3.05) is 25.0 Å². The first kappa shape index (κ1) is 18.4. The van der Waals surface area contributed by atoms with Crippen LogP contribution in [0.25, 0.3) is 0 Å². The molecule has 0 radical (unpaired) electrons. The number of aryl methyl sites for hydroxylation is 1. The number of hydrogen-bond acceptors (Lipinski definition) is 5. The van der Waals surface area contributed by atoms with Crippen LogP contribution in [0.5, 0.6) is 0 Å². The fourth-order valence-corrected chi connectivity index (χ4v) is 3.02. The fraction of sp³-hybridized carbons (Fsp3) is 0.588. The maximum Gasteiger partial charge on any atom is 0.271 e. The molecule has 1 aromatic rings. The quantitative estimate of drug-likeness (QED) is 0.614. The second kappa shape index (κ2) is 8.21. The molecule has 2 rings (SSSR count). The maximum atomic E-state index is 12.1. The zero-order valence-corrected chi connectivity index (χ0v) is 14.2. The molecule has 0 spiro atoms. The number of rotatable bonds is 6. The van der Waals surface area contributed by atoms with Crippen molar-refractivity contribution in [3.63, 3.8) is 0 Å². The van der Waals surface area contributed by atoms with Gasteiger partial charge in [-0.1, -0.05) is 6.07 Å². The smallest absolute Gasteiger partial charge is 0.271 e. The number of nitro groups is 1. The lowest BCUT2D eigenvalue weighted by Gasteiger charge is -2.33. The Labute approximate surface area is 141 Å². The van der Waals surface area contributed by atoms with Crippen LogP contribution in [0.3, 0.4) is 0 Å². The first-order valence-corrected chi connectivity index (χ1v) is 8.32. The third-order valence-electron chi connectivity index (χ3n) is 4.59. The summed E-state index contributed by atoms with van der Waals surface area (Å²) in [7, 11) is 0. The number of piperidine rings is 1. The standard InChI is InChI=1S/C17H25N3O4/c1-12-5-6-15(20(23)24)10-16(12)18-17(22)7-9-19-8-3-4-14(11-19)13(2)21/h5-6,10,13-14,21H,3-4,7-9,11H2,1-2H3,(H,18,22). The highest BCUT2D eigenvalue weighted by atomic mass is 16.6. The SMILES string of the molecule is Cc1ccc([N+](=O)[O-])cc1NC(=O)CCN1CCCC(C(C)O)C1. The number of carbonyl (C=O) groups excluding carboxylic acids is 1. The number of hydrogen-bond donors (Lipinski definition) is 2. The minimum atomic E-state index is -0.473. The van der Waals surface area contributed by atoms with Crippen LogP contribution in [-0.4, -0.2) is 46.6 Å². The van der Waals surface area contributed by atoms with Gasteiger partial charge in [-0.2, -0.15) is 0 Å². The summed E-state index contributed by atoms with van der Waals surface area (Å²) in [5, 5.41) is 23.3. The molecular weight excluding hydrogens is 310 g/mol. The molecule has 0 aliphatic carbocycles. The Hall–Kier alpha value is -1.99. The number of amides is 1. The van der Waals surface area contributed by atoms with Crippen LogP contribution in [0.4, 0.5) is 11.4 Å². The minimum Gasteiger partial charge on any atom is -0.393 e. The van der Waals surface area contributed by atoms with Gasteiger partial charge in [-0.15, -0.1) is 0 Å². The van der Waals surface area contributed by atoms with Gasteiger partial charge in [0.15, 0.2) is 0 Å². The van der Waals surface area contributed by atoms with Crippen molar-refractivity contribution in [3.05, 3.63) is 33.9 Å². The van der Waals surface area contributed by atoms with E-state index in [0.29, 0.717) is 18.7 Å². The van der Waals surface area contributed by atoms with E-state index in [1.807, 2.05) is 6.92 Å². The van der Waals surface area contributed by atoms with Crippen molar-refractivity contribution in [1.29, 1.82) is 0 Å². The number of nitrogens with zero attached hydrogens (tertiary/aromatic N) is 2. The molecule has 7 heteroatoms. The van der Waals surface area contributed by atoms with Crippen molar-refractivity contribution in [1.82, 2.24) is 4.90 Å². The summed E-state index contributed by atoms with van der Waals surface area (Å²) >= 11 is 0. The third kappa shape index (κ3) is 5.01. The van der Waals surface area contributed by atoms with Gasteiger partial charge in [-0.25, -0.2) is 0 Å². The zero-order chi connectivity index (χ0) is 17.7. The molecule has 24 heavy (non-hydrogen) atoms. The molecule has 1 amide bonds. The third-order valence-corrected chi connectivity index (χ3v) is 4.59. The van der Waals surface area contributed by atoms with Crippen LogP contribution in [0.1, 0.15) is 31.7 Å². The van der Waals surface area contributed by atoms with Crippen LogP contribution >= 0.6 is 0 Å². The molecular formula is C17H25N3O4. The molecule has 0 aromatic heterocycles. The molecule has 2 N–H and O–H groups in total. The van der Waals surface area contributed by atoms with Crippen molar-refractivity contribution in [3.8, 4) is 0 Å². The van der Waals surface area contributed by atoms with E-state index in [1.54, 1.807) is 13.0 Å². The van der Waals surface area contributed by atoms with Gasteiger partial charge in [-0.05, 0) is 44.7 Å². The van der Waals surface area contributed by atoms with E-state index in [4.69, 9.17) is 0 Å². The Morgan fingerprint density at radius 3 is 2.96 bits per heavy atom. The summed E-state index contributed by atoms with van der Waals surface area (Å²) in [6, 6.07) is 4.44. The second-order valence-corrected chi connectivity index (χ2v) is 6.50. The average molecular weight is 335 g/mol. The zero-order valence-electron chi connectivity index (χ0n) is 14.2. The van der Waals surface area contributed by atoms with E-state index < -0.39 is 4.92 Å². The molecule has 1 fully saturated rings. The number of carbonyl (C=O) groups is 1. The van der Waals surface area contributed by atoms with Gasteiger partial charge in [-0.3, -0.25) is 14.9 Å². The Bertz CT molecular complexity index is 603. The summed E-state index contributed by atoms with van der Waals surface area (Å²) in [5.74, 6) is 0.110. The number of non-ortho nitro benzene ring substituents is 1. The maximum absolute atomic E-state index is 12.1. The topological polar surface area (TPSA) is 95.7 Å². The number of nitrogens with one attached hydrogen (secondary N) is 1. The molecule has 0 bridgehead atoms. The lowest BCUT2D eigenvalue weighted by molar-refractivity contribution is -0.384.